The Morgan fingerprint density at radius 3 is 2.24 bits per heavy atom. The molecule has 0 amide bonds. The molecule has 3 aromatic carbocycles. The molecular weight excluding hydrogens is 380 g/mol. The minimum Gasteiger partial charge on any atom is -0.323 e. The molecule has 4 rings (SSSR count). The van der Waals surface area contributed by atoms with Crippen molar-refractivity contribution in [1.82, 2.24) is 9.97 Å². The molecule has 144 valence electrons. The average molecular weight is 401 g/mol. The van der Waals surface area contributed by atoms with Crippen molar-refractivity contribution in [3.05, 3.63) is 95.1 Å². The number of fused-ring (bicyclic) bond motifs is 1. The van der Waals surface area contributed by atoms with Gasteiger partial charge in [0.1, 0.15) is 0 Å². The number of aromatic nitrogens is 2. The summed E-state index contributed by atoms with van der Waals surface area (Å²) in [5, 5.41) is 4.24. The summed E-state index contributed by atoms with van der Waals surface area (Å²) in [5.41, 5.74) is 9.13. The normalized spacial score (nSPS) is 10.4. The van der Waals surface area contributed by atoms with E-state index >= 15 is 0 Å². The van der Waals surface area contributed by atoms with Gasteiger partial charge < -0.3 is 4.98 Å². The Morgan fingerprint density at radius 2 is 1.59 bits per heavy atom. The van der Waals surface area contributed by atoms with Crippen LogP contribution in [0.25, 0.3) is 11.0 Å². The van der Waals surface area contributed by atoms with Gasteiger partial charge >= 0.3 is 0 Å². The first-order valence-corrected chi connectivity index (χ1v) is 9.25. The minimum absolute atomic E-state index is 0. The van der Waals surface area contributed by atoms with Gasteiger partial charge in [-0.15, -0.1) is 12.4 Å². The molecule has 4 nitrogen and oxygen atoms in total. The number of aryl methyl sites for hydroxylation is 1. The lowest BCUT2D eigenvalue weighted by Crippen LogP contribution is -1.92. The van der Waals surface area contributed by atoms with Crippen molar-refractivity contribution in [3.8, 4) is 11.8 Å². The Hall–Kier alpha value is -3.55. The number of H-pyrrole nitrogens is 1. The number of halogens is 1. The minimum atomic E-state index is 0. The number of hydrogen-bond acceptors (Lipinski definition) is 3. The predicted molar refractivity (Wildman–Crippen MR) is 123 cm³/mol. The summed E-state index contributed by atoms with van der Waals surface area (Å²) in [6.07, 6.45) is 2.80. The third-order valence-corrected chi connectivity index (χ3v) is 4.40. The molecule has 0 aliphatic heterocycles. The van der Waals surface area contributed by atoms with Gasteiger partial charge in [-0.2, -0.15) is 5.10 Å². The number of imidazole rings is 1. The number of para-hydroxylation sites is 2. The van der Waals surface area contributed by atoms with Crippen LogP contribution < -0.4 is 5.43 Å². The second-order valence-corrected chi connectivity index (χ2v) is 6.40. The number of anilines is 1. The molecule has 0 aliphatic carbocycles. The van der Waals surface area contributed by atoms with Gasteiger partial charge in [0.05, 0.1) is 17.2 Å². The highest BCUT2D eigenvalue weighted by Crippen LogP contribution is 2.13. The molecule has 0 saturated carbocycles. The highest BCUT2D eigenvalue weighted by molar-refractivity contribution is 5.85. The van der Waals surface area contributed by atoms with Crippen LogP contribution in [0.15, 0.2) is 77.9 Å². The monoisotopic (exact) mass is 400 g/mol. The first kappa shape index (κ1) is 20.2. The van der Waals surface area contributed by atoms with Crippen LogP contribution in [0.3, 0.4) is 0 Å². The van der Waals surface area contributed by atoms with Gasteiger partial charge in [0.15, 0.2) is 0 Å². The summed E-state index contributed by atoms with van der Waals surface area (Å²) >= 11 is 0. The molecule has 4 aromatic rings. The largest absolute Gasteiger partial charge is 0.323 e. The van der Waals surface area contributed by atoms with Gasteiger partial charge in [-0.05, 0) is 53.9 Å². The number of rotatable bonds is 4. The quantitative estimate of drug-likeness (QED) is 0.274. The van der Waals surface area contributed by atoms with Gasteiger partial charge in [-0.1, -0.05) is 55.2 Å². The van der Waals surface area contributed by atoms with Gasteiger partial charge in [-0.25, -0.2) is 10.4 Å². The molecule has 0 fully saturated rings. The molecule has 0 saturated heterocycles. The van der Waals surface area contributed by atoms with Crippen molar-refractivity contribution in [2.24, 2.45) is 5.10 Å². The van der Waals surface area contributed by atoms with Crippen LogP contribution in [0.2, 0.25) is 0 Å². The molecule has 1 heterocycles. The molecule has 0 atom stereocenters. The fraction of sp³-hybridized carbons (Fsp3) is 0.0833. The van der Waals surface area contributed by atoms with Crippen LogP contribution in [0.1, 0.15) is 29.2 Å². The van der Waals surface area contributed by atoms with Crippen LogP contribution in [0.4, 0.5) is 5.95 Å². The van der Waals surface area contributed by atoms with E-state index in [1.54, 1.807) is 6.21 Å². The zero-order valence-corrected chi connectivity index (χ0v) is 16.8. The zero-order chi connectivity index (χ0) is 19.2. The maximum atomic E-state index is 4.42. The molecule has 0 unspecified atom stereocenters. The highest BCUT2D eigenvalue weighted by atomic mass is 35.5. The number of nitrogens with one attached hydrogen (secondary N) is 2. The first-order valence-electron chi connectivity index (χ1n) is 9.25. The fourth-order valence-corrected chi connectivity index (χ4v) is 2.79. The summed E-state index contributed by atoms with van der Waals surface area (Å²) in [6.45, 7) is 2.15. The Kier molecular flexibility index (Phi) is 6.67. The van der Waals surface area contributed by atoms with E-state index in [-0.39, 0.29) is 12.4 Å². The number of nitrogens with zero attached hydrogens (tertiary/aromatic N) is 2. The van der Waals surface area contributed by atoms with E-state index in [9.17, 15) is 0 Å². The van der Waals surface area contributed by atoms with E-state index in [1.807, 2.05) is 48.5 Å². The van der Waals surface area contributed by atoms with Crippen LogP contribution in [-0.4, -0.2) is 16.2 Å². The van der Waals surface area contributed by atoms with Crippen LogP contribution in [-0.2, 0) is 6.42 Å². The van der Waals surface area contributed by atoms with E-state index in [1.165, 1.54) is 5.56 Å². The lowest BCUT2D eigenvalue weighted by molar-refractivity contribution is 1.14. The Balaban J connectivity index is 0.00000240. The first-order chi connectivity index (χ1) is 13.8. The van der Waals surface area contributed by atoms with E-state index in [0.29, 0.717) is 5.95 Å². The number of hydrogen-bond donors (Lipinski definition) is 2. The third-order valence-electron chi connectivity index (χ3n) is 4.40. The molecule has 0 aliphatic rings. The second kappa shape index (κ2) is 9.59. The molecule has 5 heteroatoms. The highest BCUT2D eigenvalue weighted by Gasteiger charge is 1.99. The summed E-state index contributed by atoms with van der Waals surface area (Å²) in [6, 6.07) is 24.2. The van der Waals surface area contributed by atoms with Crippen LogP contribution in [0.5, 0.6) is 0 Å². The topological polar surface area (TPSA) is 53.1 Å². The Bertz CT molecular complexity index is 1130. The van der Waals surface area contributed by atoms with Gasteiger partial charge in [-0.3, -0.25) is 0 Å². The standard InChI is InChI=1S/C24H20N4.ClH/c1-2-18-7-9-19(10-8-18)11-12-20-13-15-21(16-14-20)17-25-28-24-26-22-5-3-4-6-23(22)27-24;/h3-10,13-17H,2H2,1H3,(H2,26,27,28);1H/b25-17+;. The Labute approximate surface area is 176 Å². The molecule has 0 radical (unpaired) electrons. The van der Waals surface area contributed by atoms with E-state index in [0.717, 1.165) is 34.1 Å². The number of benzene rings is 3. The van der Waals surface area contributed by atoms with E-state index < -0.39 is 0 Å². The molecule has 1 aromatic heterocycles. The summed E-state index contributed by atoms with van der Waals surface area (Å²) in [4.78, 5) is 7.60. The van der Waals surface area contributed by atoms with Gasteiger partial charge in [0, 0.05) is 11.1 Å². The number of aromatic amines is 1. The lowest BCUT2D eigenvalue weighted by Gasteiger charge is -1.96. The lowest BCUT2D eigenvalue weighted by atomic mass is 10.1. The molecular formula is C24H21ClN4. The third kappa shape index (κ3) is 5.25. The van der Waals surface area contributed by atoms with Crippen molar-refractivity contribution < 1.29 is 0 Å². The van der Waals surface area contributed by atoms with Crippen LogP contribution >= 0.6 is 12.4 Å². The predicted octanol–water partition coefficient (Wildman–Crippen LogP) is 5.39. The molecule has 0 spiro atoms. The molecule has 2 N–H and O–H groups in total. The van der Waals surface area contributed by atoms with E-state index in [4.69, 9.17) is 0 Å². The van der Waals surface area contributed by atoms with Crippen molar-refractivity contribution >= 4 is 35.6 Å². The Morgan fingerprint density at radius 1 is 0.931 bits per heavy atom. The number of hydrazone groups is 1. The maximum Gasteiger partial charge on any atom is 0.222 e. The SMILES string of the molecule is CCc1ccc(C#Cc2ccc(/C=N/Nc3nc4ccccc4[nH]3)cc2)cc1.Cl. The van der Waals surface area contributed by atoms with Crippen molar-refractivity contribution in [2.45, 2.75) is 13.3 Å². The van der Waals surface area contributed by atoms with Gasteiger partial charge in [0.25, 0.3) is 0 Å². The average Bonchev–Trinajstić information content (AvgIpc) is 3.16. The smallest absolute Gasteiger partial charge is 0.222 e. The van der Waals surface area contributed by atoms with E-state index in [2.05, 4.69) is 63.5 Å². The molecule has 29 heavy (non-hydrogen) atoms. The zero-order valence-electron chi connectivity index (χ0n) is 16.0. The van der Waals surface area contributed by atoms with Crippen LogP contribution in [0, 0.1) is 11.8 Å². The van der Waals surface area contributed by atoms with Crippen molar-refractivity contribution in [1.29, 1.82) is 0 Å². The van der Waals surface area contributed by atoms with Crippen molar-refractivity contribution in [2.75, 3.05) is 5.43 Å². The maximum absolute atomic E-state index is 4.42. The summed E-state index contributed by atoms with van der Waals surface area (Å²) < 4.78 is 0. The van der Waals surface area contributed by atoms with Gasteiger partial charge in [0.2, 0.25) is 5.95 Å². The second-order valence-electron chi connectivity index (χ2n) is 6.40. The summed E-state index contributed by atoms with van der Waals surface area (Å²) in [7, 11) is 0. The van der Waals surface area contributed by atoms with Crippen molar-refractivity contribution in [3.63, 3.8) is 0 Å². The molecule has 0 bridgehead atoms. The summed E-state index contributed by atoms with van der Waals surface area (Å²) in [5.74, 6) is 7.02. The fourth-order valence-electron chi connectivity index (χ4n) is 2.79.